The van der Waals surface area contributed by atoms with E-state index in [9.17, 15) is 8.78 Å². The third kappa shape index (κ3) is 3.72. The summed E-state index contributed by atoms with van der Waals surface area (Å²) in [5.41, 5.74) is 7.43. The summed E-state index contributed by atoms with van der Waals surface area (Å²) < 4.78 is 26.6. The van der Waals surface area contributed by atoms with Crippen LogP contribution in [0.4, 0.5) is 25.8 Å². The summed E-state index contributed by atoms with van der Waals surface area (Å²) in [6, 6.07) is 14.3. The molecule has 0 bridgehead atoms. The number of alkyl halides is 2. The molecule has 2 aromatic rings. The summed E-state index contributed by atoms with van der Waals surface area (Å²) >= 11 is 0. The molecule has 112 valence electrons. The fraction of sp³-hybridized carbons (Fsp3) is 0.294. The van der Waals surface area contributed by atoms with E-state index in [-0.39, 0.29) is 5.56 Å². The first kappa shape index (κ1) is 15.3. The Balaban J connectivity index is 2.46. The Kier molecular flexibility index (Phi) is 5.14. The summed E-state index contributed by atoms with van der Waals surface area (Å²) in [6.45, 7) is 2.78. The van der Waals surface area contributed by atoms with Gasteiger partial charge < -0.3 is 10.6 Å². The molecule has 0 saturated carbocycles. The standard InChI is InChI=1S/C17H20F2N2/c1-2-3-11-21(14-7-5-4-6-8-14)16-10-9-13(20)12-15(16)17(18)19/h4-10,12,17H,2-3,11,20H2,1H3. The molecular weight excluding hydrogens is 270 g/mol. The first-order chi connectivity index (χ1) is 10.1. The number of halogens is 2. The number of hydrogen-bond donors (Lipinski definition) is 1. The Bertz CT molecular complexity index is 570. The number of nitrogens with zero attached hydrogens (tertiary/aromatic N) is 1. The minimum atomic E-state index is -2.55. The van der Waals surface area contributed by atoms with Gasteiger partial charge in [-0.1, -0.05) is 31.5 Å². The van der Waals surface area contributed by atoms with Crippen molar-refractivity contribution in [2.24, 2.45) is 0 Å². The molecule has 21 heavy (non-hydrogen) atoms. The third-order valence-electron chi connectivity index (χ3n) is 3.38. The monoisotopic (exact) mass is 290 g/mol. The lowest BCUT2D eigenvalue weighted by molar-refractivity contribution is 0.152. The molecule has 0 aliphatic rings. The van der Waals surface area contributed by atoms with E-state index in [1.54, 1.807) is 12.1 Å². The average molecular weight is 290 g/mol. The topological polar surface area (TPSA) is 29.3 Å². The van der Waals surface area contributed by atoms with Gasteiger partial charge in [-0.05, 0) is 36.8 Å². The highest BCUT2D eigenvalue weighted by Gasteiger charge is 2.19. The molecule has 0 spiro atoms. The summed E-state index contributed by atoms with van der Waals surface area (Å²) in [4.78, 5) is 1.93. The van der Waals surface area contributed by atoms with Crippen LogP contribution in [0.25, 0.3) is 0 Å². The third-order valence-corrected chi connectivity index (χ3v) is 3.38. The molecule has 2 nitrogen and oxygen atoms in total. The number of benzene rings is 2. The van der Waals surface area contributed by atoms with Crippen LogP contribution in [0.3, 0.4) is 0 Å². The van der Waals surface area contributed by atoms with Gasteiger partial charge in [0.25, 0.3) is 6.43 Å². The van der Waals surface area contributed by atoms with Gasteiger partial charge in [0.05, 0.1) is 5.69 Å². The highest BCUT2D eigenvalue weighted by atomic mass is 19.3. The van der Waals surface area contributed by atoms with Gasteiger partial charge in [0.2, 0.25) is 0 Å². The van der Waals surface area contributed by atoms with E-state index in [4.69, 9.17) is 5.73 Å². The van der Waals surface area contributed by atoms with Gasteiger partial charge >= 0.3 is 0 Å². The molecule has 0 fully saturated rings. The highest BCUT2D eigenvalue weighted by molar-refractivity contribution is 5.69. The van der Waals surface area contributed by atoms with Crippen molar-refractivity contribution in [3.05, 3.63) is 54.1 Å². The van der Waals surface area contributed by atoms with Crippen LogP contribution in [-0.2, 0) is 0 Å². The molecule has 0 saturated heterocycles. The molecule has 0 aliphatic carbocycles. The number of unbranched alkanes of at least 4 members (excludes halogenated alkanes) is 1. The molecule has 2 N–H and O–H groups in total. The van der Waals surface area contributed by atoms with Gasteiger partial charge in [-0.2, -0.15) is 0 Å². The SMILES string of the molecule is CCCCN(c1ccccc1)c1ccc(N)cc1C(F)F. The molecule has 2 rings (SSSR count). The zero-order valence-corrected chi connectivity index (χ0v) is 12.1. The maximum atomic E-state index is 13.3. The number of nitrogens with two attached hydrogens (primary N) is 1. The molecule has 0 amide bonds. The van der Waals surface area contributed by atoms with E-state index in [1.165, 1.54) is 6.07 Å². The molecule has 0 aliphatic heterocycles. The molecule has 4 heteroatoms. The Labute approximate surface area is 124 Å². The van der Waals surface area contributed by atoms with E-state index in [2.05, 4.69) is 6.92 Å². The first-order valence-electron chi connectivity index (χ1n) is 7.13. The lowest BCUT2D eigenvalue weighted by Crippen LogP contribution is -2.20. The van der Waals surface area contributed by atoms with Crippen LogP contribution >= 0.6 is 0 Å². The zero-order valence-electron chi connectivity index (χ0n) is 12.1. The Morgan fingerprint density at radius 2 is 1.81 bits per heavy atom. The van der Waals surface area contributed by atoms with Crippen molar-refractivity contribution in [3.63, 3.8) is 0 Å². The molecule has 0 heterocycles. The van der Waals surface area contributed by atoms with Crippen molar-refractivity contribution in [1.82, 2.24) is 0 Å². The Morgan fingerprint density at radius 3 is 2.43 bits per heavy atom. The molecule has 2 aromatic carbocycles. The van der Waals surface area contributed by atoms with Gasteiger partial charge in [-0.15, -0.1) is 0 Å². The van der Waals surface area contributed by atoms with E-state index in [1.807, 2.05) is 35.2 Å². The van der Waals surface area contributed by atoms with Crippen molar-refractivity contribution >= 4 is 17.1 Å². The van der Waals surface area contributed by atoms with Gasteiger partial charge in [-0.3, -0.25) is 0 Å². The van der Waals surface area contributed by atoms with E-state index in [0.717, 1.165) is 18.5 Å². The van der Waals surface area contributed by atoms with E-state index < -0.39 is 6.43 Å². The van der Waals surface area contributed by atoms with Crippen molar-refractivity contribution in [1.29, 1.82) is 0 Å². The Hall–Kier alpha value is -2.10. The van der Waals surface area contributed by atoms with E-state index >= 15 is 0 Å². The minimum absolute atomic E-state index is 0.0186. The average Bonchev–Trinajstić information content (AvgIpc) is 2.49. The summed E-state index contributed by atoms with van der Waals surface area (Å²) in [7, 11) is 0. The normalized spacial score (nSPS) is 10.9. The molecule has 0 unspecified atom stereocenters. The van der Waals surface area contributed by atoms with Crippen LogP contribution in [0.5, 0.6) is 0 Å². The molecule has 0 atom stereocenters. The van der Waals surface area contributed by atoms with Crippen molar-refractivity contribution < 1.29 is 8.78 Å². The zero-order chi connectivity index (χ0) is 15.2. The van der Waals surface area contributed by atoms with Crippen molar-refractivity contribution in [2.75, 3.05) is 17.2 Å². The van der Waals surface area contributed by atoms with Crippen LogP contribution in [-0.4, -0.2) is 6.54 Å². The second kappa shape index (κ2) is 7.07. The molecule has 0 aromatic heterocycles. The van der Waals surface area contributed by atoms with Gasteiger partial charge in [0.15, 0.2) is 0 Å². The number of hydrogen-bond acceptors (Lipinski definition) is 2. The van der Waals surface area contributed by atoms with Crippen LogP contribution in [0.1, 0.15) is 31.8 Å². The van der Waals surface area contributed by atoms with Crippen molar-refractivity contribution in [3.8, 4) is 0 Å². The highest BCUT2D eigenvalue weighted by Crippen LogP contribution is 2.35. The maximum Gasteiger partial charge on any atom is 0.265 e. The second-order valence-electron chi connectivity index (χ2n) is 4.96. The molecule has 0 radical (unpaired) electrons. The maximum absolute atomic E-state index is 13.3. The summed E-state index contributed by atoms with van der Waals surface area (Å²) in [5.74, 6) is 0. The van der Waals surface area contributed by atoms with E-state index in [0.29, 0.717) is 17.9 Å². The van der Waals surface area contributed by atoms with Crippen LogP contribution in [0, 0.1) is 0 Å². The Morgan fingerprint density at radius 1 is 1.10 bits per heavy atom. The predicted octanol–water partition coefficient (Wildman–Crippen LogP) is 5.14. The van der Waals surface area contributed by atoms with Crippen LogP contribution < -0.4 is 10.6 Å². The molecular formula is C17H20F2N2. The number of para-hydroxylation sites is 1. The smallest absolute Gasteiger partial charge is 0.265 e. The minimum Gasteiger partial charge on any atom is -0.399 e. The summed E-state index contributed by atoms with van der Waals surface area (Å²) in [5, 5.41) is 0. The number of nitrogen functional groups attached to an aromatic ring is 1. The lowest BCUT2D eigenvalue weighted by Gasteiger charge is -2.27. The van der Waals surface area contributed by atoms with Gasteiger partial charge in [0, 0.05) is 23.5 Å². The number of anilines is 3. The van der Waals surface area contributed by atoms with Crippen molar-refractivity contribution in [2.45, 2.75) is 26.2 Å². The van der Waals surface area contributed by atoms with Gasteiger partial charge in [-0.25, -0.2) is 8.78 Å². The lowest BCUT2D eigenvalue weighted by atomic mass is 10.1. The largest absolute Gasteiger partial charge is 0.399 e. The predicted molar refractivity (Wildman–Crippen MR) is 84.2 cm³/mol. The number of rotatable bonds is 6. The van der Waals surface area contributed by atoms with Crippen LogP contribution in [0.15, 0.2) is 48.5 Å². The fourth-order valence-corrected chi connectivity index (χ4v) is 2.31. The fourth-order valence-electron chi connectivity index (χ4n) is 2.31. The first-order valence-corrected chi connectivity index (χ1v) is 7.13. The quantitative estimate of drug-likeness (QED) is 0.746. The van der Waals surface area contributed by atoms with Gasteiger partial charge in [0.1, 0.15) is 0 Å². The second-order valence-corrected chi connectivity index (χ2v) is 4.96. The van der Waals surface area contributed by atoms with Crippen LogP contribution in [0.2, 0.25) is 0 Å². The summed E-state index contributed by atoms with van der Waals surface area (Å²) in [6.07, 6.45) is -0.610.